The van der Waals surface area contributed by atoms with Crippen molar-refractivity contribution in [3.8, 4) is 11.5 Å². The SMILES string of the molecule is Cl.c1ccc2c(c1)Oc1ccccc1C2SCCCN1CCOCC1. The summed E-state index contributed by atoms with van der Waals surface area (Å²) in [5.41, 5.74) is 2.60. The summed E-state index contributed by atoms with van der Waals surface area (Å²) in [6, 6.07) is 16.9. The van der Waals surface area contributed by atoms with Crippen molar-refractivity contribution in [2.45, 2.75) is 11.7 Å². The van der Waals surface area contributed by atoms with Crippen molar-refractivity contribution in [1.82, 2.24) is 4.90 Å². The second-order valence-corrected chi connectivity index (χ2v) is 7.45. The average Bonchev–Trinajstić information content (AvgIpc) is 2.65. The lowest BCUT2D eigenvalue weighted by molar-refractivity contribution is 0.0381. The molecule has 0 spiro atoms. The van der Waals surface area contributed by atoms with Crippen molar-refractivity contribution >= 4 is 24.2 Å². The number of halogens is 1. The molecule has 2 aliphatic rings. The van der Waals surface area contributed by atoms with Crippen molar-refractivity contribution in [2.24, 2.45) is 0 Å². The number of fused-ring (bicyclic) bond motifs is 2. The van der Waals surface area contributed by atoms with Gasteiger partial charge in [0.05, 0.1) is 18.5 Å². The lowest BCUT2D eigenvalue weighted by Crippen LogP contribution is -2.37. The molecular weight excluding hydrogens is 354 g/mol. The fourth-order valence-electron chi connectivity index (χ4n) is 3.36. The number of nitrogens with zero attached hydrogens (tertiary/aromatic N) is 1. The Morgan fingerprint density at radius 3 is 2.16 bits per heavy atom. The van der Waals surface area contributed by atoms with Gasteiger partial charge in [-0.15, -0.1) is 24.2 Å². The minimum Gasteiger partial charge on any atom is -0.457 e. The summed E-state index contributed by atoms with van der Waals surface area (Å²) in [7, 11) is 0. The van der Waals surface area contributed by atoms with E-state index >= 15 is 0 Å². The molecule has 4 rings (SSSR count). The molecule has 0 N–H and O–H groups in total. The van der Waals surface area contributed by atoms with E-state index in [0.717, 1.165) is 43.6 Å². The molecule has 2 aromatic carbocycles. The van der Waals surface area contributed by atoms with Crippen LogP contribution in [0.1, 0.15) is 22.8 Å². The molecule has 0 saturated carbocycles. The van der Waals surface area contributed by atoms with Crippen LogP contribution < -0.4 is 4.74 Å². The van der Waals surface area contributed by atoms with Gasteiger partial charge in [0.15, 0.2) is 0 Å². The molecular formula is C20H24ClNO2S. The van der Waals surface area contributed by atoms with Crippen LogP contribution in [0.25, 0.3) is 0 Å². The second kappa shape index (κ2) is 8.95. The van der Waals surface area contributed by atoms with Gasteiger partial charge in [0.1, 0.15) is 11.5 Å². The van der Waals surface area contributed by atoms with Crippen LogP contribution in [0.2, 0.25) is 0 Å². The predicted molar refractivity (Wildman–Crippen MR) is 106 cm³/mol. The molecule has 5 heteroatoms. The summed E-state index contributed by atoms with van der Waals surface area (Å²) < 4.78 is 11.5. The molecule has 0 unspecified atom stereocenters. The standard InChI is InChI=1S/C20H23NO2S.ClH/c1-3-8-18-16(6-1)20(17-7-2-4-9-19(17)23-18)24-15-5-10-21-11-13-22-14-12-21;/h1-4,6-9,20H,5,10-15H2;1H. The molecule has 25 heavy (non-hydrogen) atoms. The van der Waals surface area contributed by atoms with Crippen LogP contribution in [0.3, 0.4) is 0 Å². The molecule has 1 saturated heterocycles. The molecule has 0 atom stereocenters. The third kappa shape index (κ3) is 4.32. The first-order chi connectivity index (χ1) is 11.9. The number of rotatable bonds is 5. The summed E-state index contributed by atoms with van der Waals surface area (Å²) in [5.74, 6) is 3.16. The van der Waals surface area contributed by atoms with Gasteiger partial charge in [-0.2, -0.15) is 0 Å². The molecule has 2 heterocycles. The fourth-order valence-corrected chi connectivity index (χ4v) is 4.64. The Hall–Kier alpha value is -1.20. The largest absolute Gasteiger partial charge is 0.457 e. The van der Waals surface area contributed by atoms with Crippen molar-refractivity contribution in [3.05, 3.63) is 59.7 Å². The molecule has 0 radical (unpaired) electrons. The second-order valence-electron chi connectivity index (χ2n) is 6.24. The van der Waals surface area contributed by atoms with Gasteiger partial charge < -0.3 is 9.47 Å². The molecule has 3 nitrogen and oxygen atoms in total. The van der Waals surface area contributed by atoms with Crippen LogP contribution in [-0.2, 0) is 4.74 Å². The van der Waals surface area contributed by atoms with Crippen molar-refractivity contribution in [3.63, 3.8) is 0 Å². The van der Waals surface area contributed by atoms with E-state index in [4.69, 9.17) is 9.47 Å². The molecule has 1 fully saturated rings. The van der Waals surface area contributed by atoms with Gasteiger partial charge in [-0.25, -0.2) is 0 Å². The van der Waals surface area contributed by atoms with Gasteiger partial charge in [0.2, 0.25) is 0 Å². The highest BCUT2D eigenvalue weighted by molar-refractivity contribution is 7.99. The summed E-state index contributed by atoms with van der Waals surface area (Å²) in [4.78, 5) is 2.51. The van der Waals surface area contributed by atoms with E-state index in [-0.39, 0.29) is 12.4 Å². The molecule has 0 amide bonds. The number of para-hydroxylation sites is 2. The van der Waals surface area contributed by atoms with E-state index < -0.39 is 0 Å². The van der Waals surface area contributed by atoms with Gasteiger partial charge in [-0.3, -0.25) is 4.90 Å². The maximum Gasteiger partial charge on any atom is 0.132 e. The predicted octanol–water partition coefficient (Wildman–Crippen LogP) is 4.76. The van der Waals surface area contributed by atoms with Crippen LogP contribution in [0.5, 0.6) is 11.5 Å². The Morgan fingerprint density at radius 2 is 1.52 bits per heavy atom. The normalized spacial score (nSPS) is 17.1. The van der Waals surface area contributed by atoms with Crippen LogP contribution in [-0.4, -0.2) is 43.5 Å². The first kappa shape index (κ1) is 18.6. The maximum atomic E-state index is 6.07. The highest BCUT2D eigenvalue weighted by Crippen LogP contribution is 2.49. The Kier molecular flexibility index (Phi) is 6.65. The maximum absolute atomic E-state index is 6.07. The zero-order chi connectivity index (χ0) is 16.2. The van der Waals surface area contributed by atoms with E-state index in [1.807, 2.05) is 23.9 Å². The van der Waals surface area contributed by atoms with E-state index in [2.05, 4.69) is 41.3 Å². The molecule has 2 aliphatic heterocycles. The van der Waals surface area contributed by atoms with E-state index in [1.165, 1.54) is 24.1 Å². The first-order valence-electron chi connectivity index (χ1n) is 8.69. The van der Waals surface area contributed by atoms with Crippen molar-refractivity contribution < 1.29 is 9.47 Å². The van der Waals surface area contributed by atoms with Gasteiger partial charge in [-0.05, 0) is 30.9 Å². The Balaban J connectivity index is 0.00000182. The first-order valence-corrected chi connectivity index (χ1v) is 9.74. The molecule has 0 bridgehead atoms. The third-order valence-corrected chi connectivity index (χ3v) is 6.00. The zero-order valence-electron chi connectivity index (χ0n) is 14.2. The average molecular weight is 378 g/mol. The topological polar surface area (TPSA) is 21.7 Å². The Labute approximate surface area is 160 Å². The highest BCUT2D eigenvalue weighted by Gasteiger charge is 2.26. The van der Waals surface area contributed by atoms with Crippen molar-refractivity contribution in [1.29, 1.82) is 0 Å². The summed E-state index contributed by atoms with van der Waals surface area (Å²) in [6.45, 7) is 5.09. The third-order valence-electron chi connectivity index (χ3n) is 4.63. The molecule has 2 aromatic rings. The van der Waals surface area contributed by atoms with Crippen LogP contribution >= 0.6 is 24.2 Å². The number of hydrogen-bond acceptors (Lipinski definition) is 4. The zero-order valence-corrected chi connectivity index (χ0v) is 15.9. The minimum absolute atomic E-state index is 0. The van der Waals surface area contributed by atoms with Crippen LogP contribution in [0.4, 0.5) is 0 Å². The van der Waals surface area contributed by atoms with Crippen LogP contribution in [0.15, 0.2) is 48.5 Å². The minimum atomic E-state index is 0. The van der Waals surface area contributed by atoms with E-state index in [0.29, 0.717) is 5.25 Å². The molecule has 0 aliphatic carbocycles. The van der Waals surface area contributed by atoms with Gasteiger partial charge in [-0.1, -0.05) is 36.4 Å². The van der Waals surface area contributed by atoms with Crippen LogP contribution in [0, 0.1) is 0 Å². The van der Waals surface area contributed by atoms with E-state index in [9.17, 15) is 0 Å². The molecule has 0 aromatic heterocycles. The van der Waals surface area contributed by atoms with Gasteiger partial charge in [0.25, 0.3) is 0 Å². The Morgan fingerprint density at radius 1 is 0.920 bits per heavy atom. The van der Waals surface area contributed by atoms with Crippen molar-refractivity contribution in [2.75, 3.05) is 38.6 Å². The van der Waals surface area contributed by atoms with Gasteiger partial charge in [0, 0.05) is 24.2 Å². The van der Waals surface area contributed by atoms with E-state index in [1.54, 1.807) is 0 Å². The number of hydrogen-bond donors (Lipinski definition) is 0. The number of thioether (sulfide) groups is 1. The summed E-state index contributed by atoms with van der Waals surface area (Å²) in [5, 5.41) is 0.371. The lowest BCUT2D eigenvalue weighted by Gasteiger charge is -2.29. The Bertz CT molecular complexity index is 645. The summed E-state index contributed by atoms with van der Waals surface area (Å²) in [6.07, 6.45) is 1.21. The smallest absolute Gasteiger partial charge is 0.132 e. The van der Waals surface area contributed by atoms with Gasteiger partial charge >= 0.3 is 0 Å². The number of morpholine rings is 1. The monoisotopic (exact) mass is 377 g/mol. The highest BCUT2D eigenvalue weighted by atomic mass is 35.5. The fraction of sp³-hybridized carbons (Fsp3) is 0.400. The number of benzene rings is 2. The molecule has 134 valence electrons. The number of ether oxygens (including phenoxy) is 2. The summed E-state index contributed by atoms with van der Waals surface area (Å²) >= 11 is 2.03. The quantitative estimate of drug-likeness (QED) is 0.700. The lowest BCUT2D eigenvalue weighted by atomic mass is 10.00.